The highest BCUT2D eigenvalue weighted by molar-refractivity contribution is 5.74. The summed E-state index contributed by atoms with van der Waals surface area (Å²) in [7, 11) is 0. The molecule has 0 aromatic rings. The molecule has 1 spiro atoms. The van der Waals surface area contributed by atoms with Gasteiger partial charge < -0.3 is 10.1 Å². The van der Waals surface area contributed by atoms with Gasteiger partial charge in [-0.3, -0.25) is 4.79 Å². The lowest BCUT2D eigenvalue weighted by Gasteiger charge is -2.34. The Hall–Kier alpha value is -0.570. The van der Waals surface area contributed by atoms with Crippen molar-refractivity contribution < 1.29 is 9.53 Å². The molecule has 1 aliphatic carbocycles. The molecule has 0 aromatic heterocycles. The van der Waals surface area contributed by atoms with Crippen molar-refractivity contribution in [3.05, 3.63) is 0 Å². The van der Waals surface area contributed by atoms with Gasteiger partial charge in [0.25, 0.3) is 0 Å². The first kappa shape index (κ1) is 13.9. The Morgan fingerprint density at radius 1 is 1.17 bits per heavy atom. The van der Waals surface area contributed by atoms with Crippen LogP contribution in [-0.2, 0) is 9.53 Å². The number of hydrogen-bond acceptors (Lipinski definition) is 3. The second-order valence-electron chi connectivity index (χ2n) is 6.99. The van der Waals surface area contributed by atoms with E-state index in [2.05, 4.69) is 5.32 Å². The molecule has 0 amide bonds. The minimum atomic E-state index is -0.369. The Morgan fingerprint density at radius 3 is 2.33 bits per heavy atom. The van der Waals surface area contributed by atoms with Crippen LogP contribution in [-0.4, -0.2) is 24.7 Å². The van der Waals surface area contributed by atoms with Crippen LogP contribution in [0.1, 0.15) is 59.3 Å². The maximum Gasteiger partial charge on any atom is 0.311 e. The first-order valence-electron chi connectivity index (χ1n) is 7.37. The molecule has 0 bridgehead atoms. The normalized spacial score (nSPS) is 28.1. The maximum absolute atomic E-state index is 12.4. The third-order valence-electron chi connectivity index (χ3n) is 4.36. The lowest BCUT2D eigenvalue weighted by molar-refractivity contribution is -0.163. The fourth-order valence-electron chi connectivity index (χ4n) is 3.47. The summed E-state index contributed by atoms with van der Waals surface area (Å²) >= 11 is 0. The van der Waals surface area contributed by atoms with Crippen molar-refractivity contribution in [3.8, 4) is 0 Å². The average Bonchev–Trinajstić information content (AvgIpc) is 2.49. The number of rotatable bonds is 1. The summed E-state index contributed by atoms with van der Waals surface area (Å²) in [4.78, 5) is 12.4. The van der Waals surface area contributed by atoms with E-state index >= 15 is 0 Å². The van der Waals surface area contributed by atoms with Crippen molar-refractivity contribution in [1.29, 1.82) is 0 Å². The predicted octanol–water partition coefficient (Wildman–Crippen LogP) is 2.89. The highest BCUT2D eigenvalue weighted by Crippen LogP contribution is 2.44. The van der Waals surface area contributed by atoms with Gasteiger partial charge in [0.05, 0.1) is 5.92 Å². The second kappa shape index (κ2) is 5.20. The molecule has 3 nitrogen and oxygen atoms in total. The summed E-state index contributed by atoms with van der Waals surface area (Å²) in [6.07, 6.45) is 7.54. The standard InChI is InChI=1S/C15H27NO2/c1-14(2,3)18-13(17)12-10-16-11-15(12)8-6-4-5-7-9-15/h12,16H,4-11H2,1-3H3. The van der Waals surface area contributed by atoms with Gasteiger partial charge in [0.1, 0.15) is 5.60 Å². The van der Waals surface area contributed by atoms with Crippen molar-refractivity contribution in [1.82, 2.24) is 5.32 Å². The van der Waals surface area contributed by atoms with E-state index in [0.717, 1.165) is 13.1 Å². The van der Waals surface area contributed by atoms with Crippen molar-refractivity contribution in [2.24, 2.45) is 11.3 Å². The van der Waals surface area contributed by atoms with E-state index in [1.54, 1.807) is 0 Å². The number of carbonyl (C=O) groups excluding carboxylic acids is 1. The van der Waals surface area contributed by atoms with Crippen molar-refractivity contribution in [3.63, 3.8) is 0 Å². The third-order valence-corrected chi connectivity index (χ3v) is 4.36. The van der Waals surface area contributed by atoms with E-state index in [1.165, 1.54) is 38.5 Å². The number of ether oxygens (including phenoxy) is 1. The van der Waals surface area contributed by atoms with E-state index in [4.69, 9.17) is 4.74 Å². The average molecular weight is 253 g/mol. The molecule has 2 fully saturated rings. The van der Waals surface area contributed by atoms with E-state index in [9.17, 15) is 4.79 Å². The van der Waals surface area contributed by atoms with Crippen LogP contribution in [0.4, 0.5) is 0 Å². The van der Waals surface area contributed by atoms with Gasteiger partial charge in [-0.05, 0) is 39.0 Å². The van der Waals surface area contributed by atoms with Crippen LogP contribution in [0.5, 0.6) is 0 Å². The smallest absolute Gasteiger partial charge is 0.311 e. The monoisotopic (exact) mass is 253 g/mol. The van der Waals surface area contributed by atoms with Crippen molar-refractivity contribution in [2.75, 3.05) is 13.1 Å². The highest BCUT2D eigenvalue weighted by Gasteiger charge is 2.47. The molecule has 1 saturated heterocycles. The lowest BCUT2D eigenvalue weighted by atomic mass is 9.72. The van der Waals surface area contributed by atoms with E-state index in [1.807, 2.05) is 20.8 Å². The SMILES string of the molecule is CC(C)(C)OC(=O)C1CNCC12CCCCCC2. The van der Waals surface area contributed by atoms with E-state index < -0.39 is 0 Å². The highest BCUT2D eigenvalue weighted by atomic mass is 16.6. The second-order valence-corrected chi connectivity index (χ2v) is 6.99. The summed E-state index contributed by atoms with van der Waals surface area (Å²) < 4.78 is 5.61. The summed E-state index contributed by atoms with van der Waals surface area (Å²) in [5.41, 5.74) is -0.190. The number of esters is 1. The molecule has 104 valence electrons. The van der Waals surface area contributed by atoms with Crippen LogP contribution in [0, 0.1) is 11.3 Å². The molecule has 0 radical (unpaired) electrons. The number of hydrogen-bond donors (Lipinski definition) is 1. The maximum atomic E-state index is 12.4. The van der Waals surface area contributed by atoms with Crippen LogP contribution in [0.2, 0.25) is 0 Å². The van der Waals surface area contributed by atoms with Gasteiger partial charge in [0.15, 0.2) is 0 Å². The number of nitrogens with one attached hydrogen (secondary N) is 1. The Labute approximate surface area is 111 Å². The van der Waals surface area contributed by atoms with Gasteiger partial charge >= 0.3 is 5.97 Å². The zero-order valence-electron chi connectivity index (χ0n) is 12.1. The minimum Gasteiger partial charge on any atom is -0.460 e. The van der Waals surface area contributed by atoms with Crippen LogP contribution in [0.3, 0.4) is 0 Å². The Balaban J connectivity index is 2.08. The molecule has 18 heavy (non-hydrogen) atoms. The summed E-state index contributed by atoms with van der Waals surface area (Å²) in [5, 5.41) is 3.43. The summed E-state index contributed by atoms with van der Waals surface area (Å²) in [5.74, 6) is 0.0734. The lowest BCUT2D eigenvalue weighted by Crippen LogP contribution is -2.38. The predicted molar refractivity (Wildman–Crippen MR) is 72.3 cm³/mol. The number of carbonyl (C=O) groups is 1. The van der Waals surface area contributed by atoms with E-state index in [0.29, 0.717) is 0 Å². The Morgan fingerprint density at radius 2 is 1.78 bits per heavy atom. The summed E-state index contributed by atoms with van der Waals surface area (Å²) in [6.45, 7) is 7.65. The Kier molecular flexibility index (Phi) is 4.00. The van der Waals surface area contributed by atoms with E-state index in [-0.39, 0.29) is 22.9 Å². The van der Waals surface area contributed by atoms with Crippen LogP contribution < -0.4 is 5.32 Å². The first-order chi connectivity index (χ1) is 8.43. The topological polar surface area (TPSA) is 38.3 Å². The fraction of sp³-hybridized carbons (Fsp3) is 0.933. The first-order valence-corrected chi connectivity index (χ1v) is 7.37. The van der Waals surface area contributed by atoms with Gasteiger partial charge in [0, 0.05) is 13.1 Å². The van der Waals surface area contributed by atoms with Gasteiger partial charge in [-0.25, -0.2) is 0 Å². The van der Waals surface area contributed by atoms with Gasteiger partial charge in [0.2, 0.25) is 0 Å². The largest absolute Gasteiger partial charge is 0.460 e. The molecule has 1 atom stereocenters. The molecule has 3 heteroatoms. The molecule has 1 heterocycles. The zero-order valence-corrected chi connectivity index (χ0v) is 12.1. The molecule has 1 aliphatic heterocycles. The summed E-state index contributed by atoms with van der Waals surface area (Å²) in [6, 6.07) is 0. The van der Waals surface area contributed by atoms with Crippen LogP contribution >= 0.6 is 0 Å². The molecule has 0 aromatic carbocycles. The van der Waals surface area contributed by atoms with Crippen LogP contribution in [0.15, 0.2) is 0 Å². The van der Waals surface area contributed by atoms with Crippen LogP contribution in [0.25, 0.3) is 0 Å². The van der Waals surface area contributed by atoms with Gasteiger partial charge in [-0.2, -0.15) is 0 Å². The zero-order chi connectivity index (χ0) is 13.2. The molecule has 2 rings (SSSR count). The quantitative estimate of drug-likeness (QED) is 0.730. The molecular formula is C15H27NO2. The fourth-order valence-corrected chi connectivity index (χ4v) is 3.47. The van der Waals surface area contributed by atoms with Gasteiger partial charge in [-0.1, -0.05) is 25.7 Å². The molecular weight excluding hydrogens is 226 g/mol. The molecule has 2 aliphatic rings. The third kappa shape index (κ3) is 3.05. The Bertz CT molecular complexity index is 298. The van der Waals surface area contributed by atoms with Crippen molar-refractivity contribution in [2.45, 2.75) is 64.9 Å². The van der Waals surface area contributed by atoms with Crippen molar-refractivity contribution >= 4 is 5.97 Å². The molecule has 1 N–H and O–H groups in total. The van der Waals surface area contributed by atoms with Gasteiger partial charge in [-0.15, -0.1) is 0 Å². The minimum absolute atomic E-state index is 0.00870. The molecule has 1 unspecified atom stereocenters. The molecule has 1 saturated carbocycles.